The summed E-state index contributed by atoms with van der Waals surface area (Å²) in [6.45, 7) is 2.67. The first kappa shape index (κ1) is 44.3. The Morgan fingerprint density at radius 3 is 1.20 bits per heavy atom. The van der Waals surface area contributed by atoms with Gasteiger partial charge in [0.05, 0.1) is 0 Å². The van der Waals surface area contributed by atoms with E-state index >= 15 is 0 Å². The van der Waals surface area contributed by atoms with Crippen LogP contribution in [0.25, 0.3) is 0 Å². The molecule has 0 fully saturated rings. The molecule has 0 aromatic rings. The van der Waals surface area contributed by atoms with Gasteiger partial charge < -0.3 is 17.8 Å². The van der Waals surface area contributed by atoms with Crippen molar-refractivity contribution in [1.29, 1.82) is 0 Å². The monoisotopic (exact) mass is 759 g/mol. The molecule has 0 saturated carbocycles. The van der Waals surface area contributed by atoms with Gasteiger partial charge in [0.25, 0.3) is 0 Å². The van der Waals surface area contributed by atoms with Gasteiger partial charge in [0.2, 0.25) is 15.7 Å². The van der Waals surface area contributed by atoms with Gasteiger partial charge in [-0.05, 0) is 34.1 Å². The van der Waals surface area contributed by atoms with Gasteiger partial charge in [-0.15, -0.1) is 0 Å². The van der Waals surface area contributed by atoms with E-state index in [1.165, 1.54) is 27.7 Å². The maximum atomic E-state index is 14.7. The minimum atomic E-state index is -8.98. The van der Waals surface area contributed by atoms with Crippen LogP contribution < -0.4 is 0 Å². The molecule has 0 aliphatic carbocycles. The van der Waals surface area contributed by atoms with Crippen molar-refractivity contribution in [2.24, 2.45) is 0 Å². The van der Waals surface area contributed by atoms with Crippen molar-refractivity contribution in [1.82, 2.24) is 4.57 Å². The van der Waals surface area contributed by atoms with Crippen molar-refractivity contribution in [2.75, 3.05) is 26.4 Å². The van der Waals surface area contributed by atoms with Gasteiger partial charge in [-0.3, -0.25) is 4.79 Å². The summed E-state index contributed by atoms with van der Waals surface area (Å²) in [5.74, 6) is -54.7. The molecular formula is C20H26F17NO6SSi. The van der Waals surface area contributed by atoms with E-state index in [1.807, 2.05) is 0 Å². The largest absolute Gasteiger partial charge is 0.635 e. The number of alkyl halides is 17. The summed E-state index contributed by atoms with van der Waals surface area (Å²) >= 11 is 0. The maximum Gasteiger partial charge on any atom is 0.635 e. The summed E-state index contributed by atoms with van der Waals surface area (Å²) in [5.41, 5.74) is 0. The van der Waals surface area contributed by atoms with E-state index in [0.29, 0.717) is 0 Å². The highest BCUT2D eigenvalue weighted by atomic mass is 32.2. The van der Waals surface area contributed by atoms with Gasteiger partial charge in [-0.2, -0.15) is 74.6 Å². The van der Waals surface area contributed by atoms with Crippen molar-refractivity contribution in [3.05, 3.63) is 0 Å². The molecule has 0 radical (unpaired) electrons. The Kier molecular flexibility index (Phi) is 13.2. The Morgan fingerprint density at radius 2 is 0.913 bits per heavy atom. The molecule has 0 heterocycles. The first-order valence-corrected chi connectivity index (χ1v) is 15.6. The topological polar surface area (TPSA) is 82.1 Å². The zero-order valence-electron chi connectivity index (χ0n) is 23.8. The molecular weight excluding hydrogens is 733 g/mol. The summed E-state index contributed by atoms with van der Waals surface area (Å²) < 4.78 is 273. The first-order chi connectivity index (χ1) is 20.2. The van der Waals surface area contributed by atoms with Crippen LogP contribution in [0.2, 0.25) is 0 Å². The third-order valence-corrected chi connectivity index (χ3v) is 11.1. The van der Waals surface area contributed by atoms with Gasteiger partial charge in [0.15, 0.2) is 0 Å². The number of carbonyl (C=O) groups excluding carboxylic acids is 1. The minimum Gasteiger partial charge on any atom is -0.357 e. The van der Waals surface area contributed by atoms with Crippen molar-refractivity contribution in [2.45, 2.75) is 93.3 Å². The molecule has 0 aliphatic heterocycles. The van der Waals surface area contributed by atoms with Gasteiger partial charge >= 0.3 is 55.9 Å². The Labute approximate surface area is 250 Å². The van der Waals surface area contributed by atoms with E-state index in [-0.39, 0.29) is 17.9 Å². The highest BCUT2D eigenvalue weighted by Crippen LogP contribution is 2.64. The highest BCUT2D eigenvalue weighted by molar-refractivity contribution is 7.93. The van der Waals surface area contributed by atoms with Gasteiger partial charge in [-0.1, -0.05) is 6.92 Å². The molecule has 0 aromatic carbocycles. The van der Waals surface area contributed by atoms with Gasteiger partial charge in [0.1, 0.15) is 5.25 Å². The van der Waals surface area contributed by atoms with Crippen LogP contribution in [-0.2, 0) is 27.9 Å². The van der Waals surface area contributed by atoms with E-state index in [4.69, 9.17) is 13.3 Å². The van der Waals surface area contributed by atoms with Crippen LogP contribution in [-0.4, -0.2) is 106 Å². The highest BCUT2D eigenvalue weighted by Gasteiger charge is 2.96. The molecule has 1 amide bonds. The van der Waals surface area contributed by atoms with E-state index in [1.54, 1.807) is 0 Å². The van der Waals surface area contributed by atoms with Gasteiger partial charge in [-0.25, -0.2) is 8.42 Å². The van der Waals surface area contributed by atoms with Crippen LogP contribution in [0.3, 0.4) is 0 Å². The number of halogens is 17. The Hall–Kier alpha value is -1.67. The summed E-state index contributed by atoms with van der Waals surface area (Å²) in [7, 11) is -12.5. The molecule has 1 atom stereocenters. The molecule has 26 heteroatoms. The summed E-state index contributed by atoms with van der Waals surface area (Å²) in [6.07, 6.45) is -8.19. The SMILES string of the molecule is CCCN(C(=O)C(C)S(=O)(=O)C(F)(F)C(F)(F)C(F)(F)C(F)(F)C(F)(F)C(F)(F)C(F)(F)C(F)(F)F)[Si](OCC)(OCC)OCC. The fraction of sp³-hybridized carbons (Fsp3) is 0.950. The summed E-state index contributed by atoms with van der Waals surface area (Å²) in [6, 6.07) is 0. The summed E-state index contributed by atoms with van der Waals surface area (Å²) in [5, 5.41) is -11.6. The normalized spacial score (nSPS) is 16.0. The molecule has 1 unspecified atom stereocenters. The second-order valence-electron chi connectivity index (χ2n) is 8.96. The Balaban J connectivity index is 7.28. The third kappa shape index (κ3) is 6.52. The molecule has 7 nitrogen and oxygen atoms in total. The lowest BCUT2D eigenvalue weighted by molar-refractivity contribution is -0.458. The lowest BCUT2D eigenvalue weighted by Gasteiger charge is -2.43. The van der Waals surface area contributed by atoms with Crippen LogP contribution >= 0.6 is 0 Å². The number of amides is 1. The predicted octanol–water partition coefficient (Wildman–Crippen LogP) is 6.54. The number of sulfone groups is 1. The lowest BCUT2D eigenvalue weighted by Crippen LogP contribution is -2.75. The van der Waals surface area contributed by atoms with Crippen LogP contribution in [0.1, 0.15) is 41.0 Å². The number of carbonyl (C=O) groups is 1. The van der Waals surface area contributed by atoms with Crippen LogP contribution in [0, 0.1) is 0 Å². The molecule has 276 valence electrons. The van der Waals surface area contributed by atoms with E-state index < -0.39 is 103 Å². The van der Waals surface area contributed by atoms with Crippen molar-refractivity contribution >= 4 is 24.7 Å². The molecule has 0 aromatic heterocycles. The average molecular weight is 760 g/mol. The second kappa shape index (κ2) is 13.7. The fourth-order valence-electron chi connectivity index (χ4n) is 3.41. The van der Waals surface area contributed by atoms with Crippen LogP contribution in [0.5, 0.6) is 0 Å². The van der Waals surface area contributed by atoms with Crippen molar-refractivity contribution < 1.29 is 101 Å². The Bertz CT molecular complexity index is 1150. The van der Waals surface area contributed by atoms with E-state index in [2.05, 4.69) is 0 Å². The number of hydrogen-bond acceptors (Lipinski definition) is 6. The van der Waals surface area contributed by atoms with E-state index in [9.17, 15) is 87.8 Å². The molecule has 0 N–H and O–H groups in total. The number of nitrogens with zero attached hydrogens (tertiary/aromatic N) is 1. The maximum absolute atomic E-state index is 14.7. The van der Waals surface area contributed by atoms with Crippen LogP contribution in [0.4, 0.5) is 74.6 Å². The van der Waals surface area contributed by atoms with E-state index in [0.717, 1.165) is 0 Å². The average Bonchev–Trinajstić information content (AvgIpc) is 2.89. The quantitative estimate of drug-likeness (QED) is 0.117. The smallest absolute Gasteiger partial charge is 0.357 e. The van der Waals surface area contributed by atoms with Crippen molar-refractivity contribution in [3.63, 3.8) is 0 Å². The molecule has 0 saturated heterocycles. The predicted molar refractivity (Wildman–Crippen MR) is 122 cm³/mol. The Morgan fingerprint density at radius 1 is 0.609 bits per heavy atom. The minimum absolute atomic E-state index is 0.153. The third-order valence-electron chi connectivity index (χ3n) is 5.89. The first-order valence-electron chi connectivity index (χ1n) is 12.4. The molecule has 0 aliphatic rings. The number of hydrogen-bond donors (Lipinski definition) is 0. The summed E-state index contributed by atoms with van der Waals surface area (Å²) in [4.78, 5) is 13.1. The zero-order chi connectivity index (χ0) is 37.4. The standard InChI is InChI=1S/C20H26F17NO6SSi/c1-6-10-38(46(42-7-2,43-8-3)44-9-4)12(39)11(5)45(40,41)20(36,37)18(31,32)16(27,28)14(23,24)13(21,22)15(25,26)17(29,30)19(33,34)35/h11H,6-10H2,1-5H3. The van der Waals surface area contributed by atoms with Crippen molar-refractivity contribution in [3.8, 4) is 0 Å². The van der Waals surface area contributed by atoms with Gasteiger partial charge in [0, 0.05) is 26.4 Å². The van der Waals surface area contributed by atoms with Crippen LogP contribution in [0.15, 0.2) is 0 Å². The number of rotatable bonds is 18. The molecule has 0 rings (SSSR count). The zero-order valence-corrected chi connectivity index (χ0v) is 25.7. The second-order valence-corrected chi connectivity index (χ2v) is 13.7. The molecule has 0 spiro atoms. The lowest BCUT2D eigenvalue weighted by atomic mass is 9.91. The molecule has 0 bridgehead atoms. The molecule has 46 heavy (non-hydrogen) atoms. The fourth-order valence-corrected chi connectivity index (χ4v) is 7.60.